The molecule has 0 saturated heterocycles. The fourth-order valence-corrected chi connectivity index (χ4v) is 7.85. The fraction of sp³-hybridized carbons (Fsp3) is 0.216. The van der Waals surface area contributed by atoms with Gasteiger partial charge in [0.25, 0.3) is 0 Å². The molecule has 2 nitrogen and oxygen atoms in total. The number of hydrogen-bond donors (Lipinski definition) is 0. The van der Waals surface area contributed by atoms with E-state index in [1.807, 2.05) is 18.5 Å². The monoisotopic (exact) mass is 879 g/mol. The number of nitrogens with zero attached hydrogens (tertiary/aromatic N) is 2. The number of rotatable bonds is 2. The molecule has 8 aromatic rings. The van der Waals surface area contributed by atoms with E-state index in [2.05, 4.69) is 188 Å². The molecule has 0 spiro atoms. The van der Waals surface area contributed by atoms with Gasteiger partial charge in [-0.15, -0.1) is 64.5 Å². The summed E-state index contributed by atoms with van der Waals surface area (Å²) >= 11 is 0. The minimum absolute atomic E-state index is 0. The maximum atomic E-state index is 4.91. The Balaban J connectivity index is 0.000000186. The molecule has 1 radical (unpaired) electrons. The molecular formula is C51H46IrN2-2. The zero-order chi connectivity index (χ0) is 37.1. The van der Waals surface area contributed by atoms with Gasteiger partial charge in [0.2, 0.25) is 0 Å². The van der Waals surface area contributed by atoms with E-state index in [0.717, 1.165) is 22.5 Å². The van der Waals surface area contributed by atoms with Crippen LogP contribution in [0.15, 0.2) is 134 Å². The van der Waals surface area contributed by atoms with Gasteiger partial charge >= 0.3 is 0 Å². The van der Waals surface area contributed by atoms with Gasteiger partial charge in [0, 0.05) is 37.9 Å². The topological polar surface area (TPSA) is 25.8 Å². The van der Waals surface area contributed by atoms with Crippen molar-refractivity contribution in [1.29, 1.82) is 0 Å². The van der Waals surface area contributed by atoms with Gasteiger partial charge in [-0.1, -0.05) is 133 Å². The Kier molecular flexibility index (Phi) is 9.71. The molecule has 1 aliphatic rings. The van der Waals surface area contributed by atoms with Crippen molar-refractivity contribution in [2.75, 3.05) is 0 Å². The van der Waals surface area contributed by atoms with Crippen molar-refractivity contribution in [1.82, 2.24) is 9.97 Å². The number of fused-ring (bicyclic) bond motifs is 7. The third-order valence-electron chi connectivity index (χ3n) is 10.9. The van der Waals surface area contributed by atoms with E-state index in [-0.39, 0.29) is 36.4 Å². The van der Waals surface area contributed by atoms with Gasteiger partial charge in [-0.3, -0.25) is 0 Å². The molecule has 0 atom stereocenters. The Bertz CT molecular complexity index is 2620. The van der Waals surface area contributed by atoms with Crippen LogP contribution in [0, 0.1) is 12.1 Å². The summed E-state index contributed by atoms with van der Waals surface area (Å²) in [6.07, 6.45) is 3.85. The van der Waals surface area contributed by atoms with Crippen LogP contribution in [0.3, 0.4) is 0 Å². The molecule has 9 rings (SSSR count). The van der Waals surface area contributed by atoms with Crippen molar-refractivity contribution >= 4 is 32.3 Å². The largest absolute Gasteiger partial charge is 0.305 e. The molecule has 0 aliphatic heterocycles. The van der Waals surface area contributed by atoms with Gasteiger partial charge in [0.05, 0.1) is 0 Å². The second-order valence-electron chi connectivity index (χ2n) is 17.0. The van der Waals surface area contributed by atoms with Gasteiger partial charge < -0.3 is 9.97 Å². The van der Waals surface area contributed by atoms with Crippen LogP contribution in [0.4, 0.5) is 0 Å². The number of aromatic nitrogens is 2. The average molecular weight is 879 g/mol. The molecule has 0 fully saturated rings. The maximum absolute atomic E-state index is 4.91. The van der Waals surface area contributed by atoms with Crippen molar-refractivity contribution in [2.45, 2.75) is 71.6 Å². The number of hydrogen-bond acceptors (Lipinski definition) is 2. The third-order valence-corrected chi connectivity index (χ3v) is 10.9. The molecule has 0 bridgehead atoms. The Morgan fingerprint density at radius 1 is 0.537 bits per heavy atom. The van der Waals surface area contributed by atoms with Gasteiger partial charge in [-0.25, -0.2) is 0 Å². The summed E-state index contributed by atoms with van der Waals surface area (Å²) in [5.41, 5.74) is 12.2. The van der Waals surface area contributed by atoms with Crippen LogP contribution in [0.2, 0.25) is 0 Å². The molecule has 54 heavy (non-hydrogen) atoms. The van der Waals surface area contributed by atoms with E-state index in [4.69, 9.17) is 4.98 Å². The van der Waals surface area contributed by atoms with Crippen LogP contribution >= 0.6 is 0 Å². The van der Waals surface area contributed by atoms with E-state index in [9.17, 15) is 0 Å². The Morgan fingerprint density at radius 2 is 1.19 bits per heavy atom. The first-order valence-electron chi connectivity index (χ1n) is 18.6. The van der Waals surface area contributed by atoms with Gasteiger partial charge in [-0.05, 0) is 90.5 Å². The van der Waals surface area contributed by atoms with Crippen molar-refractivity contribution in [3.63, 3.8) is 0 Å². The quantitative estimate of drug-likeness (QED) is 0.128. The van der Waals surface area contributed by atoms with Crippen molar-refractivity contribution in [2.24, 2.45) is 0 Å². The first-order chi connectivity index (χ1) is 25.3. The van der Waals surface area contributed by atoms with Crippen LogP contribution < -0.4 is 0 Å². The minimum Gasteiger partial charge on any atom is -0.305 e. The summed E-state index contributed by atoms with van der Waals surface area (Å²) in [5.74, 6) is 0. The molecule has 2 heterocycles. The van der Waals surface area contributed by atoms with Crippen molar-refractivity contribution < 1.29 is 20.1 Å². The van der Waals surface area contributed by atoms with Crippen molar-refractivity contribution in [3.05, 3.63) is 168 Å². The van der Waals surface area contributed by atoms with Gasteiger partial charge in [0.1, 0.15) is 0 Å². The Hall–Kier alpha value is -4.95. The zero-order valence-corrected chi connectivity index (χ0v) is 34.8. The zero-order valence-electron chi connectivity index (χ0n) is 32.4. The molecule has 271 valence electrons. The number of benzene rings is 6. The Labute approximate surface area is 334 Å². The van der Waals surface area contributed by atoms with Crippen molar-refractivity contribution in [3.8, 4) is 33.6 Å². The second kappa shape index (κ2) is 14.0. The van der Waals surface area contributed by atoms with E-state index < -0.39 is 0 Å². The van der Waals surface area contributed by atoms with Crippen LogP contribution in [-0.2, 0) is 36.4 Å². The summed E-state index contributed by atoms with van der Waals surface area (Å²) in [5, 5.41) is 7.55. The molecule has 0 saturated carbocycles. The molecule has 0 N–H and O–H groups in total. The van der Waals surface area contributed by atoms with Crippen LogP contribution in [0.1, 0.15) is 77.6 Å². The SMILES string of the molecule is CC(C)(C)c1cc[c-]c(-c2cc(C(C)(C)C)ccn2)c1.CC1(C)c2cc3ccccc3cc2-c2ccnc(-c3[c-]cc4c(ccc5ccccc54)c3)c21.[Ir]. The Morgan fingerprint density at radius 3 is 1.93 bits per heavy atom. The normalized spacial score (nSPS) is 13.2. The predicted octanol–water partition coefficient (Wildman–Crippen LogP) is 13.5. The standard InChI is InChI=1S/C32H22N.C19H24N.Ir/c1-32(2)29-19-22-9-4-3-8-21(22)18-28(29)27-15-16-33-31(30(27)32)24-13-14-26-23(17-24)12-11-20-7-5-6-10-25(20)26;1-18(2,3)15-9-7-8-14(12-15)17-13-16(10-11-20-17)19(4,5)6;/h3-12,14-19H,1-2H3;7,9-13H,1-6H3;/q2*-1;. The van der Waals surface area contributed by atoms with E-state index in [0.29, 0.717) is 0 Å². The summed E-state index contributed by atoms with van der Waals surface area (Å²) in [6.45, 7) is 18.0. The predicted molar refractivity (Wildman–Crippen MR) is 224 cm³/mol. The second-order valence-corrected chi connectivity index (χ2v) is 17.0. The molecule has 2 aromatic heterocycles. The molecule has 0 amide bonds. The molecular weight excluding hydrogens is 833 g/mol. The van der Waals surface area contributed by atoms with Gasteiger partial charge in [-0.2, -0.15) is 0 Å². The van der Waals surface area contributed by atoms with Gasteiger partial charge in [0.15, 0.2) is 0 Å². The molecule has 0 unspecified atom stereocenters. The first-order valence-corrected chi connectivity index (χ1v) is 18.6. The summed E-state index contributed by atoms with van der Waals surface area (Å²) in [4.78, 5) is 9.42. The van der Waals surface area contributed by atoms with E-state index >= 15 is 0 Å². The number of pyridine rings is 2. The summed E-state index contributed by atoms with van der Waals surface area (Å²) in [6, 6.07) is 50.4. The summed E-state index contributed by atoms with van der Waals surface area (Å²) in [7, 11) is 0. The van der Waals surface area contributed by atoms with E-state index in [1.165, 1.54) is 65.7 Å². The maximum Gasteiger partial charge on any atom is 0.0167 e. The molecule has 3 heteroatoms. The first kappa shape index (κ1) is 37.4. The fourth-order valence-electron chi connectivity index (χ4n) is 7.85. The summed E-state index contributed by atoms with van der Waals surface area (Å²) < 4.78 is 0. The van der Waals surface area contributed by atoms with Crippen LogP contribution in [0.25, 0.3) is 66.0 Å². The van der Waals surface area contributed by atoms with Crippen LogP contribution in [-0.4, -0.2) is 9.97 Å². The van der Waals surface area contributed by atoms with E-state index in [1.54, 1.807) is 0 Å². The average Bonchev–Trinajstić information content (AvgIpc) is 3.38. The third kappa shape index (κ3) is 6.81. The van der Waals surface area contributed by atoms with Crippen LogP contribution in [0.5, 0.6) is 0 Å². The minimum atomic E-state index is -0.134. The molecule has 6 aromatic carbocycles. The molecule has 1 aliphatic carbocycles. The smallest absolute Gasteiger partial charge is 0.0167 e.